The van der Waals surface area contributed by atoms with Crippen molar-refractivity contribution in [2.45, 2.75) is 6.92 Å². The van der Waals surface area contributed by atoms with Gasteiger partial charge in [0.2, 0.25) is 5.91 Å². The highest BCUT2D eigenvalue weighted by molar-refractivity contribution is 6.02. The summed E-state index contributed by atoms with van der Waals surface area (Å²) >= 11 is 0. The molecule has 0 saturated heterocycles. The number of fused-ring (bicyclic) bond motifs is 1. The van der Waals surface area contributed by atoms with Gasteiger partial charge in [-0.05, 0) is 31.2 Å². The maximum absolute atomic E-state index is 12.1. The lowest BCUT2D eigenvalue weighted by molar-refractivity contribution is -0.111. The van der Waals surface area contributed by atoms with Crippen molar-refractivity contribution >= 4 is 28.6 Å². The molecule has 0 aliphatic carbocycles. The Kier molecular flexibility index (Phi) is 4.87. The molecular weight excluding hydrogens is 300 g/mol. The zero-order valence-electron chi connectivity index (χ0n) is 13.4. The number of aromatic nitrogens is 1. The number of hydrogen-bond acceptors (Lipinski definition) is 3. The third kappa shape index (κ3) is 3.79. The molecular formula is C20H18N2O2. The number of anilines is 1. The highest BCUT2D eigenvalue weighted by Gasteiger charge is 2.02. The molecule has 0 unspecified atom stereocenters. The lowest BCUT2D eigenvalue weighted by atomic mass is 10.2. The van der Waals surface area contributed by atoms with E-state index in [1.54, 1.807) is 12.3 Å². The van der Waals surface area contributed by atoms with Crippen molar-refractivity contribution in [1.29, 1.82) is 0 Å². The molecule has 2 aromatic carbocycles. The van der Waals surface area contributed by atoms with Gasteiger partial charge in [0.25, 0.3) is 0 Å². The summed E-state index contributed by atoms with van der Waals surface area (Å²) in [5.41, 5.74) is 2.43. The van der Waals surface area contributed by atoms with Crippen molar-refractivity contribution < 1.29 is 9.53 Å². The third-order valence-corrected chi connectivity index (χ3v) is 3.49. The van der Waals surface area contributed by atoms with Crippen LogP contribution in [0.15, 0.2) is 66.9 Å². The number of carbonyl (C=O) groups excluding carboxylic acids is 1. The number of rotatable bonds is 5. The minimum Gasteiger partial charge on any atom is -0.493 e. The first kappa shape index (κ1) is 15.7. The van der Waals surface area contributed by atoms with E-state index < -0.39 is 0 Å². The molecule has 0 aliphatic rings. The van der Waals surface area contributed by atoms with Gasteiger partial charge in [-0.1, -0.05) is 36.4 Å². The Bertz CT molecular complexity index is 887. The largest absolute Gasteiger partial charge is 0.493 e. The molecule has 1 N–H and O–H groups in total. The van der Waals surface area contributed by atoms with Crippen LogP contribution >= 0.6 is 0 Å². The molecule has 4 nitrogen and oxygen atoms in total. The molecule has 0 fully saturated rings. The fraction of sp³-hybridized carbons (Fsp3) is 0.100. The SMILES string of the molecule is CCOc1ccccc1/C=C/C(=O)Nc1cnc2ccccc2c1. The Balaban J connectivity index is 1.72. The van der Waals surface area contributed by atoms with Crippen LogP contribution < -0.4 is 10.1 Å². The van der Waals surface area contributed by atoms with Crippen LogP contribution in [0.4, 0.5) is 5.69 Å². The minimum atomic E-state index is -0.210. The number of para-hydroxylation sites is 2. The van der Waals surface area contributed by atoms with Crippen LogP contribution in [-0.4, -0.2) is 17.5 Å². The topological polar surface area (TPSA) is 51.2 Å². The first-order valence-electron chi connectivity index (χ1n) is 7.82. The van der Waals surface area contributed by atoms with Gasteiger partial charge in [0, 0.05) is 17.0 Å². The molecule has 0 bridgehead atoms. The van der Waals surface area contributed by atoms with Crippen molar-refractivity contribution in [3.8, 4) is 5.75 Å². The van der Waals surface area contributed by atoms with E-state index in [0.29, 0.717) is 12.3 Å². The summed E-state index contributed by atoms with van der Waals surface area (Å²) in [5, 5.41) is 3.81. The fourth-order valence-electron chi connectivity index (χ4n) is 2.39. The number of hydrogen-bond donors (Lipinski definition) is 1. The molecule has 1 heterocycles. The molecule has 24 heavy (non-hydrogen) atoms. The summed E-state index contributed by atoms with van der Waals surface area (Å²) in [6.07, 6.45) is 4.89. The molecule has 120 valence electrons. The molecule has 3 aromatic rings. The first-order valence-corrected chi connectivity index (χ1v) is 7.82. The number of benzene rings is 2. The van der Waals surface area contributed by atoms with Gasteiger partial charge in [0.15, 0.2) is 0 Å². The molecule has 3 rings (SSSR count). The van der Waals surface area contributed by atoms with Crippen molar-refractivity contribution in [3.63, 3.8) is 0 Å². The van der Waals surface area contributed by atoms with Gasteiger partial charge in [-0.15, -0.1) is 0 Å². The van der Waals surface area contributed by atoms with Crippen LogP contribution in [0.25, 0.3) is 17.0 Å². The summed E-state index contributed by atoms with van der Waals surface area (Å²) < 4.78 is 5.54. The van der Waals surface area contributed by atoms with Gasteiger partial charge in [-0.2, -0.15) is 0 Å². The summed E-state index contributed by atoms with van der Waals surface area (Å²) in [6, 6.07) is 17.3. The number of pyridine rings is 1. The second kappa shape index (κ2) is 7.42. The second-order valence-corrected chi connectivity index (χ2v) is 5.21. The van der Waals surface area contributed by atoms with Crippen LogP contribution in [0.2, 0.25) is 0 Å². The van der Waals surface area contributed by atoms with Gasteiger partial charge in [0.1, 0.15) is 5.75 Å². The zero-order chi connectivity index (χ0) is 16.8. The molecule has 0 saturated carbocycles. The predicted molar refractivity (Wildman–Crippen MR) is 97.0 cm³/mol. The Hall–Kier alpha value is -3.14. The lowest BCUT2D eigenvalue weighted by Gasteiger charge is -2.06. The standard InChI is InChI=1S/C20H18N2O2/c1-2-24-19-10-6-4-7-15(19)11-12-20(23)22-17-13-16-8-3-5-9-18(16)21-14-17/h3-14H,2H2,1H3,(H,22,23)/b12-11+. The highest BCUT2D eigenvalue weighted by Crippen LogP contribution is 2.20. The average Bonchev–Trinajstić information content (AvgIpc) is 2.61. The van der Waals surface area contributed by atoms with Gasteiger partial charge in [0.05, 0.1) is 24.0 Å². The Morgan fingerprint density at radius 3 is 2.83 bits per heavy atom. The zero-order valence-corrected chi connectivity index (χ0v) is 13.4. The van der Waals surface area contributed by atoms with Gasteiger partial charge < -0.3 is 10.1 Å². The maximum Gasteiger partial charge on any atom is 0.248 e. The van der Waals surface area contributed by atoms with E-state index in [1.807, 2.05) is 61.5 Å². The summed E-state index contributed by atoms with van der Waals surface area (Å²) in [6.45, 7) is 2.51. The number of nitrogens with zero attached hydrogens (tertiary/aromatic N) is 1. The Morgan fingerprint density at radius 1 is 1.17 bits per heavy atom. The van der Waals surface area contributed by atoms with Gasteiger partial charge in [-0.25, -0.2) is 0 Å². The Morgan fingerprint density at radius 2 is 1.96 bits per heavy atom. The maximum atomic E-state index is 12.1. The molecule has 0 aliphatic heterocycles. The summed E-state index contributed by atoms with van der Waals surface area (Å²) in [5.74, 6) is 0.551. The van der Waals surface area contributed by atoms with Crippen LogP contribution in [0.3, 0.4) is 0 Å². The lowest BCUT2D eigenvalue weighted by Crippen LogP contribution is -2.08. The van der Waals surface area contributed by atoms with Crippen molar-refractivity contribution in [2.75, 3.05) is 11.9 Å². The molecule has 1 aromatic heterocycles. The predicted octanol–water partition coefficient (Wildman–Crippen LogP) is 4.29. The molecule has 0 atom stereocenters. The summed E-state index contributed by atoms with van der Waals surface area (Å²) in [7, 11) is 0. The van der Waals surface area contributed by atoms with E-state index in [-0.39, 0.29) is 5.91 Å². The van der Waals surface area contributed by atoms with Crippen LogP contribution in [-0.2, 0) is 4.79 Å². The van der Waals surface area contributed by atoms with Crippen LogP contribution in [0, 0.1) is 0 Å². The molecule has 0 spiro atoms. The highest BCUT2D eigenvalue weighted by atomic mass is 16.5. The smallest absolute Gasteiger partial charge is 0.248 e. The average molecular weight is 318 g/mol. The number of ether oxygens (including phenoxy) is 1. The monoisotopic (exact) mass is 318 g/mol. The van der Waals surface area contributed by atoms with E-state index in [4.69, 9.17) is 4.74 Å². The van der Waals surface area contributed by atoms with Crippen molar-refractivity contribution in [3.05, 3.63) is 72.4 Å². The molecule has 0 radical (unpaired) electrons. The third-order valence-electron chi connectivity index (χ3n) is 3.49. The van der Waals surface area contributed by atoms with E-state index in [9.17, 15) is 4.79 Å². The normalized spacial score (nSPS) is 10.9. The Labute approximate surface area is 140 Å². The first-order chi connectivity index (χ1) is 11.8. The molecule has 4 heteroatoms. The van der Waals surface area contributed by atoms with Crippen molar-refractivity contribution in [1.82, 2.24) is 4.98 Å². The number of carbonyl (C=O) groups is 1. The van der Waals surface area contributed by atoms with E-state index in [0.717, 1.165) is 22.2 Å². The molecule has 1 amide bonds. The van der Waals surface area contributed by atoms with Crippen LogP contribution in [0.5, 0.6) is 5.75 Å². The summed E-state index contributed by atoms with van der Waals surface area (Å²) in [4.78, 5) is 16.5. The fourth-order valence-corrected chi connectivity index (χ4v) is 2.39. The van der Waals surface area contributed by atoms with Crippen molar-refractivity contribution in [2.24, 2.45) is 0 Å². The number of nitrogens with one attached hydrogen (secondary N) is 1. The van der Waals surface area contributed by atoms with Gasteiger partial charge >= 0.3 is 0 Å². The quantitative estimate of drug-likeness (QED) is 0.714. The number of amides is 1. The van der Waals surface area contributed by atoms with E-state index in [2.05, 4.69) is 10.3 Å². The van der Waals surface area contributed by atoms with Crippen LogP contribution in [0.1, 0.15) is 12.5 Å². The van der Waals surface area contributed by atoms with E-state index >= 15 is 0 Å². The van der Waals surface area contributed by atoms with E-state index in [1.165, 1.54) is 6.08 Å². The second-order valence-electron chi connectivity index (χ2n) is 5.21. The minimum absolute atomic E-state index is 0.210. The van der Waals surface area contributed by atoms with Gasteiger partial charge in [-0.3, -0.25) is 9.78 Å².